The van der Waals surface area contributed by atoms with Gasteiger partial charge in [0.25, 0.3) is 0 Å². The van der Waals surface area contributed by atoms with E-state index >= 15 is 0 Å². The first kappa shape index (κ1) is 15.4. The molecule has 0 saturated carbocycles. The SMILES string of the molecule is N#CCCNC(=O)CNc1ccc(Oc2ccccc2)cc1. The van der Waals surface area contributed by atoms with Gasteiger partial charge in [-0.15, -0.1) is 0 Å². The third-order valence-electron chi connectivity index (χ3n) is 2.85. The Labute approximate surface area is 129 Å². The number of nitriles is 1. The van der Waals surface area contributed by atoms with Crippen molar-refractivity contribution in [1.82, 2.24) is 5.32 Å². The number of benzene rings is 2. The van der Waals surface area contributed by atoms with E-state index in [4.69, 9.17) is 10.00 Å². The number of hydrogen-bond acceptors (Lipinski definition) is 4. The van der Waals surface area contributed by atoms with Crippen molar-refractivity contribution in [2.75, 3.05) is 18.4 Å². The molecule has 22 heavy (non-hydrogen) atoms. The topological polar surface area (TPSA) is 74.2 Å². The lowest BCUT2D eigenvalue weighted by Gasteiger charge is -2.09. The molecule has 0 fully saturated rings. The summed E-state index contributed by atoms with van der Waals surface area (Å²) in [6.45, 7) is 0.547. The average molecular weight is 295 g/mol. The van der Waals surface area contributed by atoms with Gasteiger partial charge in [-0.3, -0.25) is 4.79 Å². The minimum Gasteiger partial charge on any atom is -0.457 e. The first-order valence-electron chi connectivity index (χ1n) is 6.98. The van der Waals surface area contributed by atoms with E-state index < -0.39 is 0 Å². The average Bonchev–Trinajstić information content (AvgIpc) is 2.55. The Bertz CT molecular complexity index is 633. The number of rotatable bonds is 7. The van der Waals surface area contributed by atoms with Gasteiger partial charge >= 0.3 is 0 Å². The Hall–Kier alpha value is -3.00. The van der Waals surface area contributed by atoms with Crippen molar-refractivity contribution in [3.8, 4) is 17.6 Å². The van der Waals surface area contributed by atoms with Crippen molar-refractivity contribution in [2.45, 2.75) is 6.42 Å². The molecule has 0 atom stereocenters. The zero-order valence-corrected chi connectivity index (χ0v) is 12.1. The number of carbonyl (C=O) groups excluding carboxylic acids is 1. The van der Waals surface area contributed by atoms with Crippen LogP contribution in [-0.2, 0) is 4.79 Å². The van der Waals surface area contributed by atoms with Gasteiger partial charge in [-0.25, -0.2) is 0 Å². The quantitative estimate of drug-likeness (QED) is 0.770. The van der Waals surface area contributed by atoms with Crippen LogP contribution >= 0.6 is 0 Å². The van der Waals surface area contributed by atoms with Gasteiger partial charge in [-0.1, -0.05) is 18.2 Å². The molecule has 0 aliphatic rings. The number of nitrogens with one attached hydrogen (secondary N) is 2. The molecule has 2 N–H and O–H groups in total. The molecule has 0 aliphatic carbocycles. The minimum absolute atomic E-state index is 0.139. The summed E-state index contributed by atoms with van der Waals surface area (Å²) in [5.74, 6) is 1.37. The van der Waals surface area contributed by atoms with Crippen LogP contribution in [0.3, 0.4) is 0 Å². The fourth-order valence-corrected chi connectivity index (χ4v) is 1.77. The van der Waals surface area contributed by atoms with Crippen molar-refractivity contribution in [3.63, 3.8) is 0 Å². The van der Waals surface area contributed by atoms with Crippen molar-refractivity contribution >= 4 is 11.6 Å². The fourth-order valence-electron chi connectivity index (χ4n) is 1.77. The number of carbonyl (C=O) groups is 1. The third kappa shape index (κ3) is 5.17. The van der Waals surface area contributed by atoms with Crippen molar-refractivity contribution in [3.05, 3.63) is 54.6 Å². The molecule has 0 saturated heterocycles. The van der Waals surface area contributed by atoms with Gasteiger partial charge in [0.05, 0.1) is 19.0 Å². The zero-order chi connectivity index (χ0) is 15.6. The second-order valence-electron chi connectivity index (χ2n) is 4.55. The Kier molecular flexibility index (Phi) is 5.82. The summed E-state index contributed by atoms with van der Waals surface area (Å²) in [5.41, 5.74) is 0.829. The van der Waals surface area contributed by atoms with Gasteiger partial charge in [-0.05, 0) is 36.4 Å². The van der Waals surface area contributed by atoms with Crippen LogP contribution in [0.5, 0.6) is 11.5 Å². The normalized spacial score (nSPS) is 9.59. The van der Waals surface area contributed by atoms with E-state index in [9.17, 15) is 4.79 Å². The van der Waals surface area contributed by atoms with Crippen molar-refractivity contribution < 1.29 is 9.53 Å². The second kappa shape index (κ2) is 8.32. The molecule has 2 aromatic carbocycles. The predicted molar refractivity (Wildman–Crippen MR) is 84.7 cm³/mol. The number of ether oxygens (including phenoxy) is 1. The molecule has 0 unspecified atom stereocenters. The maximum atomic E-state index is 11.5. The molecule has 5 heteroatoms. The van der Waals surface area contributed by atoms with Crippen LogP contribution in [0.2, 0.25) is 0 Å². The summed E-state index contributed by atoms with van der Waals surface area (Å²) in [7, 11) is 0. The molecule has 0 heterocycles. The van der Waals surface area contributed by atoms with E-state index in [0.717, 1.165) is 17.2 Å². The number of anilines is 1. The lowest BCUT2D eigenvalue weighted by Crippen LogP contribution is -2.30. The lowest BCUT2D eigenvalue weighted by molar-refractivity contribution is -0.119. The maximum Gasteiger partial charge on any atom is 0.239 e. The number of amides is 1. The predicted octanol–water partition coefficient (Wildman–Crippen LogP) is 2.92. The molecule has 2 rings (SSSR count). The van der Waals surface area contributed by atoms with Gasteiger partial charge in [0.1, 0.15) is 11.5 Å². The van der Waals surface area contributed by atoms with Gasteiger partial charge in [0, 0.05) is 12.2 Å². The molecule has 0 radical (unpaired) electrons. The Balaban J connectivity index is 1.79. The summed E-state index contributed by atoms with van der Waals surface area (Å²) in [6.07, 6.45) is 0.317. The van der Waals surface area contributed by atoms with Crippen LogP contribution in [0, 0.1) is 11.3 Å². The van der Waals surface area contributed by atoms with Crippen LogP contribution in [0.4, 0.5) is 5.69 Å². The highest BCUT2D eigenvalue weighted by atomic mass is 16.5. The molecule has 0 bridgehead atoms. The first-order chi connectivity index (χ1) is 10.8. The molecular weight excluding hydrogens is 278 g/mol. The smallest absolute Gasteiger partial charge is 0.239 e. The molecular formula is C17H17N3O2. The Morgan fingerprint density at radius 2 is 1.73 bits per heavy atom. The van der Waals surface area contributed by atoms with Gasteiger partial charge in [0.2, 0.25) is 5.91 Å². The van der Waals surface area contributed by atoms with E-state index in [1.165, 1.54) is 0 Å². The summed E-state index contributed by atoms with van der Waals surface area (Å²) in [4.78, 5) is 11.5. The number of nitrogens with zero attached hydrogens (tertiary/aromatic N) is 1. The van der Waals surface area contributed by atoms with Crippen LogP contribution in [0.1, 0.15) is 6.42 Å². The van der Waals surface area contributed by atoms with E-state index in [2.05, 4.69) is 10.6 Å². The second-order valence-corrected chi connectivity index (χ2v) is 4.55. The molecule has 0 spiro atoms. The summed E-state index contributed by atoms with van der Waals surface area (Å²) < 4.78 is 5.69. The van der Waals surface area contributed by atoms with Gasteiger partial charge < -0.3 is 15.4 Å². The van der Waals surface area contributed by atoms with E-state index in [0.29, 0.717) is 13.0 Å². The highest BCUT2D eigenvalue weighted by molar-refractivity contribution is 5.80. The first-order valence-corrected chi connectivity index (χ1v) is 6.98. The van der Waals surface area contributed by atoms with Crippen molar-refractivity contribution in [1.29, 1.82) is 5.26 Å². The maximum absolute atomic E-state index is 11.5. The van der Waals surface area contributed by atoms with Crippen LogP contribution in [-0.4, -0.2) is 19.0 Å². The lowest BCUT2D eigenvalue weighted by atomic mass is 10.3. The highest BCUT2D eigenvalue weighted by Crippen LogP contribution is 2.22. The summed E-state index contributed by atoms with van der Waals surface area (Å²) >= 11 is 0. The Morgan fingerprint density at radius 1 is 1.05 bits per heavy atom. The summed E-state index contributed by atoms with van der Waals surface area (Å²) in [5, 5.41) is 14.1. The monoisotopic (exact) mass is 295 g/mol. The summed E-state index contributed by atoms with van der Waals surface area (Å²) in [6, 6.07) is 18.9. The van der Waals surface area contributed by atoms with Gasteiger partial charge in [-0.2, -0.15) is 5.26 Å². The van der Waals surface area contributed by atoms with Gasteiger partial charge in [0.15, 0.2) is 0 Å². The highest BCUT2D eigenvalue weighted by Gasteiger charge is 2.01. The third-order valence-corrected chi connectivity index (χ3v) is 2.85. The molecule has 0 aromatic heterocycles. The molecule has 5 nitrogen and oxygen atoms in total. The van der Waals surface area contributed by atoms with E-state index in [1.54, 1.807) is 0 Å². The fraction of sp³-hybridized carbons (Fsp3) is 0.176. The Morgan fingerprint density at radius 3 is 2.41 bits per heavy atom. The zero-order valence-electron chi connectivity index (χ0n) is 12.1. The largest absolute Gasteiger partial charge is 0.457 e. The minimum atomic E-state index is -0.139. The van der Waals surface area contributed by atoms with Crippen LogP contribution < -0.4 is 15.4 Å². The molecule has 2 aromatic rings. The molecule has 112 valence electrons. The molecule has 0 aliphatic heterocycles. The number of hydrogen-bond donors (Lipinski definition) is 2. The number of para-hydroxylation sites is 1. The molecule has 1 amide bonds. The van der Waals surface area contributed by atoms with Crippen LogP contribution in [0.15, 0.2) is 54.6 Å². The van der Waals surface area contributed by atoms with E-state index in [-0.39, 0.29) is 12.5 Å². The van der Waals surface area contributed by atoms with Crippen LogP contribution in [0.25, 0.3) is 0 Å². The van der Waals surface area contributed by atoms with Crippen molar-refractivity contribution in [2.24, 2.45) is 0 Å². The standard InChI is InChI=1S/C17H17N3O2/c18-11-4-12-19-17(21)13-20-14-7-9-16(10-8-14)22-15-5-2-1-3-6-15/h1-3,5-10,20H,4,12-13H2,(H,19,21). The van der Waals surface area contributed by atoms with E-state index in [1.807, 2.05) is 60.7 Å².